The van der Waals surface area contributed by atoms with Crippen LogP contribution in [0.15, 0.2) is 77.6 Å². The van der Waals surface area contributed by atoms with Gasteiger partial charge in [-0.15, -0.1) is 0 Å². The molecule has 2 aromatic carbocycles. The van der Waals surface area contributed by atoms with Crippen LogP contribution in [0.25, 0.3) is 0 Å². The van der Waals surface area contributed by atoms with Crippen molar-refractivity contribution in [3.63, 3.8) is 0 Å². The first-order valence-corrected chi connectivity index (χ1v) is 10.4. The van der Waals surface area contributed by atoms with Gasteiger partial charge in [-0.2, -0.15) is 13.2 Å². The Balaban J connectivity index is 1.74. The molecule has 0 aliphatic carbocycles. The summed E-state index contributed by atoms with van der Waals surface area (Å²) in [6.07, 6.45) is 1.45. The minimum Gasteiger partial charge on any atom is -0.470 e. The lowest BCUT2D eigenvalue weighted by molar-refractivity contribution is -0.137. The molecule has 1 unspecified atom stereocenters. The van der Waals surface area contributed by atoms with Crippen LogP contribution in [-0.4, -0.2) is 11.1 Å². The molecule has 1 aliphatic rings. The molecule has 0 fully saturated rings. The second kappa shape index (κ2) is 10.0. The first kappa shape index (κ1) is 23.6. The van der Waals surface area contributed by atoms with E-state index in [1.807, 2.05) is 32.1 Å². The van der Waals surface area contributed by atoms with E-state index in [2.05, 4.69) is 10.3 Å². The first-order chi connectivity index (χ1) is 15.1. The molecule has 0 bridgehead atoms. The van der Waals surface area contributed by atoms with Gasteiger partial charge in [-0.25, -0.2) is 4.99 Å². The van der Waals surface area contributed by atoms with E-state index in [9.17, 15) is 18.0 Å². The highest BCUT2D eigenvalue weighted by atomic mass is 35.5. The van der Waals surface area contributed by atoms with E-state index in [4.69, 9.17) is 16.3 Å². The molecule has 3 rings (SSSR count). The van der Waals surface area contributed by atoms with Crippen molar-refractivity contribution < 1.29 is 22.7 Å². The maximum absolute atomic E-state index is 12.9. The van der Waals surface area contributed by atoms with Gasteiger partial charge in [0.1, 0.15) is 11.3 Å². The third-order valence-electron chi connectivity index (χ3n) is 4.77. The number of amides is 1. The van der Waals surface area contributed by atoms with E-state index >= 15 is 0 Å². The van der Waals surface area contributed by atoms with Crippen molar-refractivity contribution in [1.29, 1.82) is 0 Å². The van der Waals surface area contributed by atoms with E-state index < -0.39 is 23.8 Å². The van der Waals surface area contributed by atoms with Gasteiger partial charge in [-0.3, -0.25) is 4.79 Å². The van der Waals surface area contributed by atoms with Crippen LogP contribution in [-0.2, 0) is 10.9 Å². The molecule has 2 atom stereocenters. The zero-order chi connectivity index (χ0) is 23.3. The van der Waals surface area contributed by atoms with Gasteiger partial charge in [-0.05, 0) is 67.3 Å². The van der Waals surface area contributed by atoms with Crippen LogP contribution in [0.2, 0.25) is 0 Å². The van der Waals surface area contributed by atoms with Crippen molar-refractivity contribution in [3.8, 4) is 0 Å². The Morgan fingerprint density at radius 3 is 2.72 bits per heavy atom. The smallest absolute Gasteiger partial charge is 0.416 e. The third kappa shape index (κ3) is 6.47. The number of halogens is 4. The van der Waals surface area contributed by atoms with Gasteiger partial charge < -0.3 is 10.1 Å². The minimum absolute atomic E-state index is 0.0831. The number of benzene rings is 2. The monoisotopic (exact) mass is 462 g/mol. The fraction of sp³-hybridized carbons (Fsp3) is 0.250. The molecule has 1 amide bonds. The lowest BCUT2D eigenvalue weighted by Gasteiger charge is -2.18. The lowest BCUT2D eigenvalue weighted by atomic mass is 10.1. The van der Waals surface area contributed by atoms with E-state index in [1.54, 1.807) is 24.3 Å². The quantitative estimate of drug-likeness (QED) is 0.514. The molecule has 4 nitrogen and oxygen atoms in total. The minimum atomic E-state index is -4.52. The normalized spacial score (nSPS) is 21.8. The molecule has 168 valence electrons. The van der Waals surface area contributed by atoms with Crippen LogP contribution >= 0.6 is 11.6 Å². The predicted molar refractivity (Wildman–Crippen MR) is 120 cm³/mol. The Bertz CT molecular complexity index is 1080. The summed E-state index contributed by atoms with van der Waals surface area (Å²) in [5, 5.41) is 2.95. The highest BCUT2D eigenvalue weighted by molar-refractivity contribution is 6.68. The maximum Gasteiger partial charge on any atom is 0.416 e. The van der Waals surface area contributed by atoms with Gasteiger partial charge in [0.2, 0.25) is 5.88 Å². The molecule has 0 aromatic heterocycles. The van der Waals surface area contributed by atoms with Crippen LogP contribution in [0.5, 0.6) is 0 Å². The molecule has 0 saturated carbocycles. The second-order valence-corrected chi connectivity index (χ2v) is 7.86. The lowest BCUT2D eigenvalue weighted by Crippen LogP contribution is -2.14. The van der Waals surface area contributed by atoms with Crippen LogP contribution in [0.3, 0.4) is 0 Å². The first-order valence-electron chi connectivity index (χ1n) is 9.99. The van der Waals surface area contributed by atoms with Crippen LogP contribution in [0.1, 0.15) is 47.9 Å². The number of carbonyl (C=O) groups is 1. The van der Waals surface area contributed by atoms with Crippen LogP contribution in [0.4, 0.5) is 18.9 Å². The number of rotatable bonds is 5. The van der Waals surface area contributed by atoms with E-state index in [0.717, 1.165) is 24.1 Å². The van der Waals surface area contributed by atoms with Gasteiger partial charge >= 0.3 is 6.18 Å². The molecular weight excluding hydrogens is 441 g/mol. The average Bonchev–Trinajstić information content (AvgIpc) is 2.72. The number of nitrogens with one attached hydrogen (secondary N) is 1. The number of alkyl halides is 3. The SMILES string of the molecule is CC1\C=C(O[C@@H](C)c2cccc(NC(=O)c3cccc(C(F)(F)F)c3)c2)/N=C(Cl)/C=C/C1. The summed E-state index contributed by atoms with van der Waals surface area (Å²) in [5.41, 5.74) is 0.228. The highest BCUT2D eigenvalue weighted by Gasteiger charge is 2.30. The molecule has 2 aromatic rings. The molecule has 0 saturated heterocycles. The predicted octanol–water partition coefficient (Wildman–Crippen LogP) is 7.11. The van der Waals surface area contributed by atoms with Crippen LogP contribution < -0.4 is 5.32 Å². The zero-order valence-electron chi connectivity index (χ0n) is 17.5. The fourth-order valence-corrected chi connectivity index (χ4v) is 3.27. The maximum atomic E-state index is 12.9. The molecular formula is C24H22ClF3N2O2. The largest absolute Gasteiger partial charge is 0.470 e. The van der Waals surface area contributed by atoms with Gasteiger partial charge in [0.25, 0.3) is 5.91 Å². The van der Waals surface area contributed by atoms with Gasteiger partial charge in [0, 0.05) is 11.3 Å². The number of anilines is 1. The second-order valence-electron chi connectivity index (χ2n) is 7.47. The molecule has 8 heteroatoms. The Morgan fingerprint density at radius 1 is 1.22 bits per heavy atom. The summed E-state index contributed by atoms with van der Waals surface area (Å²) < 4.78 is 44.7. The number of allylic oxidation sites excluding steroid dienone is 3. The van der Waals surface area contributed by atoms with Crippen molar-refractivity contribution in [1.82, 2.24) is 0 Å². The number of hydrogen-bond donors (Lipinski definition) is 1. The number of hydrogen-bond acceptors (Lipinski definition) is 3. The summed E-state index contributed by atoms with van der Waals surface area (Å²) in [4.78, 5) is 16.7. The van der Waals surface area contributed by atoms with E-state index in [0.29, 0.717) is 16.7 Å². The summed E-state index contributed by atoms with van der Waals surface area (Å²) in [7, 11) is 0. The molecule has 1 heterocycles. The van der Waals surface area contributed by atoms with Crippen molar-refractivity contribution in [2.24, 2.45) is 10.9 Å². The fourth-order valence-electron chi connectivity index (χ4n) is 3.10. The van der Waals surface area contributed by atoms with Crippen molar-refractivity contribution >= 4 is 28.4 Å². The average molecular weight is 463 g/mol. The van der Waals surface area contributed by atoms with Gasteiger partial charge in [0.15, 0.2) is 0 Å². The standard InChI is InChI=1S/C24H22ClF3N2O2/c1-15-6-3-11-21(25)30-22(12-15)32-16(2)17-7-5-10-20(14-17)29-23(31)18-8-4-9-19(13-18)24(26,27)28/h3-5,7-16H,6H2,1-2H3,(H,29,31)/b11-3+,22-12+,30-21-/t15?,16-/m0/s1. The van der Waals surface area contributed by atoms with E-state index in [1.165, 1.54) is 12.1 Å². The van der Waals surface area contributed by atoms with Gasteiger partial charge in [0.05, 0.1) is 5.56 Å². The topological polar surface area (TPSA) is 50.7 Å². The molecule has 0 radical (unpaired) electrons. The molecule has 1 N–H and O–H groups in total. The van der Waals surface area contributed by atoms with Crippen LogP contribution in [0, 0.1) is 5.92 Å². The third-order valence-corrected chi connectivity index (χ3v) is 4.98. The summed E-state index contributed by atoms with van der Waals surface area (Å²) in [6.45, 7) is 3.87. The summed E-state index contributed by atoms with van der Waals surface area (Å²) in [5.74, 6) is -0.0145. The Morgan fingerprint density at radius 2 is 1.97 bits per heavy atom. The summed E-state index contributed by atoms with van der Waals surface area (Å²) in [6, 6.07) is 11.2. The number of carbonyl (C=O) groups excluding carboxylic acids is 1. The molecule has 1 aliphatic heterocycles. The Kier molecular flexibility index (Phi) is 7.40. The van der Waals surface area contributed by atoms with Crippen molar-refractivity contribution in [2.75, 3.05) is 5.32 Å². The van der Waals surface area contributed by atoms with Crippen molar-refractivity contribution in [2.45, 2.75) is 32.5 Å². The molecule has 0 spiro atoms. The van der Waals surface area contributed by atoms with Crippen molar-refractivity contribution in [3.05, 3.63) is 89.3 Å². The number of nitrogens with zero attached hydrogens (tertiary/aromatic N) is 1. The summed E-state index contributed by atoms with van der Waals surface area (Å²) >= 11 is 6.07. The highest BCUT2D eigenvalue weighted by Crippen LogP contribution is 2.30. The zero-order valence-corrected chi connectivity index (χ0v) is 18.2. The number of ether oxygens (including phenoxy) is 1. The Labute approximate surface area is 189 Å². The Hall–Kier alpha value is -3.06. The van der Waals surface area contributed by atoms with E-state index in [-0.39, 0.29) is 11.5 Å². The number of aliphatic imine (C=N–C) groups is 1. The molecule has 32 heavy (non-hydrogen) atoms. The van der Waals surface area contributed by atoms with Gasteiger partial charge in [-0.1, -0.05) is 42.8 Å².